The topological polar surface area (TPSA) is 12.0 Å². The average molecular weight is 296 g/mol. The molecule has 126 valence electrons. The largest absolute Gasteiger partial charge is 0.314 e. The van der Waals surface area contributed by atoms with Crippen LogP contribution in [0.5, 0.6) is 0 Å². The maximum absolute atomic E-state index is 3.60. The summed E-state index contributed by atoms with van der Waals surface area (Å²) in [4.78, 5) is 0. The van der Waals surface area contributed by atoms with Gasteiger partial charge in [0.25, 0.3) is 0 Å². The molecular formula is C20H41N. The predicted octanol–water partition coefficient (Wildman–Crippen LogP) is 6.47. The van der Waals surface area contributed by atoms with Gasteiger partial charge in [-0.1, -0.05) is 97.3 Å². The van der Waals surface area contributed by atoms with E-state index in [-0.39, 0.29) is 0 Å². The molecule has 1 saturated heterocycles. The molecule has 0 aliphatic carbocycles. The molecule has 1 rings (SSSR count). The van der Waals surface area contributed by atoms with E-state index in [9.17, 15) is 0 Å². The van der Waals surface area contributed by atoms with Crippen LogP contribution in [0.2, 0.25) is 0 Å². The quantitative estimate of drug-likeness (QED) is 0.342. The molecule has 2 atom stereocenters. The number of hydrogen-bond donors (Lipinski definition) is 1. The molecule has 0 aromatic carbocycles. The molecule has 0 saturated carbocycles. The van der Waals surface area contributed by atoms with Crippen LogP contribution in [0, 0.1) is 5.92 Å². The number of rotatable bonds is 15. The highest BCUT2D eigenvalue weighted by Crippen LogP contribution is 2.25. The third-order valence-electron chi connectivity index (χ3n) is 5.23. The molecule has 1 heteroatoms. The first kappa shape index (κ1) is 19.0. The van der Waals surface area contributed by atoms with Gasteiger partial charge in [-0.25, -0.2) is 0 Å². The summed E-state index contributed by atoms with van der Waals surface area (Å²) in [5.41, 5.74) is 0. The fourth-order valence-electron chi connectivity index (χ4n) is 3.58. The van der Waals surface area contributed by atoms with Crippen LogP contribution < -0.4 is 5.32 Å². The second kappa shape index (κ2) is 13.6. The summed E-state index contributed by atoms with van der Waals surface area (Å²) in [6.07, 6.45) is 21.8. The van der Waals surface area contributed by atoms with E-state index in [1.165, 1.54) is 103 Å². The van der Waals surface area contributed by atoms with Gasteiger partial charge in [-0.15, -0.1) is 0 Å². The molecule has 1 N–H and O–H groups in total. The van der Waals surface area contributed by atoms with E-state index in [1.807, 2.05) is 0 Å². The van der Waals surface area contributed by atoms with Crippen molar-refractivity contribution >= 4 is 0 Å². The monoisotopic (exact) mass is 295 g/mol. The van der Waals surface area contributed by atoms with Gasteiger partial charge in [-0.05, 0) is 25.3 Å². The molecule has 0 aromatic heterocycles. The van der Waals surface area contributed by atoms with Gasteiger partial charge >= 0.3 is 0 Å². The zero-order chi connectivity index (χ0) is 15.2. The van der Waals surface area contributed by atoms with Gasteiger partial charge in [0.1, 0.15) is 0 Å². The Bertz CT molecular complexity index is 210. The molecule has 1 nitrogen and oxygen atoms in total. The Morgan fingerprint density at radius 1 is 0.762 bits per heavy atom. The summed E-state index contributed by atoms with van der Waals surface area (Å²) in [5.74, 6) is 1.01. The first-order valence-electron chi connectivity index (χ1n) is 10.1. The highest BCUT2D eigenvalue weighted by molar-refractivity contribution is 4.80. The maximum Gasteiger partial charge on any atom is 0.00817 e. The molecule has 0 bridgehead atoms. The van der Waals surface area contributed by atoms with E-state index in [2.05, 4.69) is 19.2 Å². The molecule has 0 spiro atoms. The van der Waals surface area contributed by atoms with Crippen molar-refractivity contribution in [1.82, 2.24) is 5.32 Å². The third kappa shape index (κ3) is 10.3. The molecule has 1 aliphatic heterocycles. The summed E-state index contributed by atoms with van der Waals surface area (Å²) in [6.45, 7) is 5.88. The molecule has 1 unspecified atom stereocenters. The van der Waals surface area contributed by atoms with Gasteiger partial charge in [0.15, 0.2) is 0 Å². The molecule has 21 heavy (non-hydrogen) atoms. The van der Waals surface area contributed by atoms with Crippen LogP contribution in [0.1, 0.15) is 110 Å². The van der Waals surface area contributed by atoms with E-state index in [0.717, 1.165) is 12.0 Å². The zero-order valence-corrected chi connectivity index (χ0v) is 15.0. The Morgan fingerprint density at radius 3 is 1.67 bits per heavy atom. The van der Waals surface area contributed by atoms with Crippen molar-refractivity contribution in [3.8, 4) is 0 Å². The molecule has 0 radical (unpaired) electrons. The Balaban J connectivity index is 2.05. The van der Waals surface area contributed by atoms with E-state index in [1.54, 1.807) is 0 Å². The zero-order valence-electron chi connectivity index (χ0n) is 15.0. The van der Waals surface area contributed by atoms with E-state index < -0.39 is 0 Å². The Kier molecular flexibility index (Phi) is 12.3. The van der Waals surface area contributed by atoms with Crippen molar-refractivity contribution in [2.45, 2.75) is 116 Å². The fourth-order valence-corrected chi connectivity index (χ4v) is 3.58. The molecule has 0 amide bonds. The molecule has 1 aliphatic rings. The molecule has 1 heterocycles. The van der Waals surface area contributed by atoms with E-state index in [4.69, 9.17) is 0 Å². The second-order valence-electron chi connectivity index (χ2n) is 7.30. The first-order valence-corrected chi connectivity index (χ1v) is 10.1. The third-order valence-corrected chi connectivity index (χ3v) is 5.23. The van der Waals surface area contributed by atoms with Gasteiger partial charge in [0, 0.05) is 6.04 Å². The van der Waals surface area contributed by atoms with Gasteiger partial charge in [0.2, 0.25) is 0 Å². The van der Waals surface area contributed by atoms with Crippen molar-refractivity contribution in [2.24, 2.45) is 5.92 Å². The Labute approximate surface area is 134 Å². The molecular weight excluding hydrogens is 254 g/mol. The minimum absolute atomic E-state index is 0.866. The summed E-state index contributed by atoms with van der Waals surface area (Å²) in [7, 11) is 0. The number of hydrogen-bond acceptors (Lipinski definition) is 1. The number of nitrogens with one attached hydrogen (secondary N) is 1. The van der Waals surface area contributed by atoms with Crippen molar-refractivity contribution < 1.29 is 0 Å². The van der Waals surface area contributed by atoms with Crippen molar-refractivity contribution in [2.75, 3.05) is 6.54 Å². The fraction of sp³-hybridized carbons (Fsp3) is 1.00. The van der Waals surface area contributed by atoms with Crippen molar-refractivity contribution in [3.05, 3.63) is 0 Å². The van der Waals surface area contributed by atoms with Crippen molar-refractivity contribution in [3.63, 3.8) is 0 Å². The lowest BCUT2D eigenvalue weighted by Gasteiger charge is -2.31. The van der Waals surface area contributed by atoms with E-state index in [0.29, 0.717) is 0 Å². The van der Waals surface area contributed by atoms with E-state index >= 15 is 0 Å². The van der Waals surface area contributed by atoms with Crippen LogP contribution in [0.25, 0.3) is 0 Å². The van der Waals surface area contributed by atoms with Gasteiger partial charge in [-0.2, -0.15) is 0 Å². The summed E-state index contributed by atoms with van der Waals surface area (Å²) < 4.78 is 0. The summed E-state index contributed by atoms with van der Waals surface area (Å²) in [5, 5.41) is 3.60. The van der Waals surface area contributed by atoms with Crippen molar-refractivity contribution in [1.29, 1.82) is 0 Å². The lowest BCUT2D eigenvalue weighted by atomic mass is 9.86. The second-order valence-corrected chi connectivity index (χ2v) is 7.30. The molecule has 1 fully saturated rings. The average Bonchev–Trinajstić information content (AvgIpc) is 2.45. The Morgan fingerprint density at radius 2 is 1.24 bits per heavy atom. The predicted molar refractivity (Wildman–Crippen MR) is 95.9 cm³/mol. The summed E-state index contributed by atoms with van der Waals surface area (Å²) >= 11 is 0. The van der Waals surface area contributed by atoms with Crippen LogP contribution in [-0.2, 0) is 0 Å². The van der Waals surface area contributed by atoms with Gasteiger partial charge < -0.3 is 5.32 Å². The first-order chi connectivity index (χ1) is 10.4. The molecule has 0 aromatic rings. The minimum Gasteiger partial charge on any atom is -0.314 e. The maximum atomic E-state index is 3.60. The Hall–Kier alpha value is -0.0400. The lowest BCUT2D eigenvalue weighted by molar-refractivity contribution is 0.270. The van der Waals surface area contributed by atoms with Gasteiger partial charge in [0.05, 0.1) is 0 Å². The highest BCUT2D eigenvalue weighted by Gasteiger charge is 2.20. The van der Waals surface area contributed by atoms with Crippen LogP contribution in [0.15, 0.2) is 0 Å². The lowest BCUT2D eigenvalue weighted by Crippen LogP contribution is -2.43. The highest BCUT2D eigenvalue weighted by atomic mass is 15.0. The van der Waals surface area contributed by atoms with Gasteiger partial charge in [-0.3, -0.25) is 0 Å². The summed E-state index contributed by atoms with van der Waals surface area (Å²) in [6, 6.07) is 0.866. The normalized spacial score (nSPS) is 19.4. The SMILES string of the molecule is CCCCCCCCC(CCCCCCC)C[C@@H]1CCN1. The van der Waals surface area contributed by atoms with Crippen LogP contribution in [0.3, 0.4) is 0 Å². The van der Waals surface area contributed by atoms with Crippen LogP contribution >= 0.6 is 0 Å². The smallest absolute Gasteiger partial charge is 0.00817 e. The standard InChI is InChI=1S/C20H41N/c1-3-5-7-9-11-13-15-19(18-20-16-17-21-20)14-12-10-8-6-4-2/h19-21H,3-18H2,1-2H3/t19?,20-/m0/s1. The van der Waals surface area contributed by atoms with Crippen LogP contribution in [0.4, 0.5) is 0 Å². The van der Waals surface area contributed by atoms with Crippen LogP contribution in [-0.4, -0.2) is 12.6 Å². The minimum atomic E-state index is 0.866. The number of unbranched alkanes of at least 4 members (excludes halogenated alkanes) is 9.